The van der Waals surface area contributed by atoms with Crippen LogP contribution in [0, 0.1) is 19.8 Å². The number of anilines is 2. The number of alkyl halides is 3. The number of carbonyl (C=O) groups excluding carboxylic acids is 1. The third kappa shape index (κ3) is 5.55. The van der Waals surface area contributed by atoms with Gasteiger partial charge in [0.2, 0.25) is 11.9 Å². The zero-order valence-electron chi connectivity index (χ0n) is 19.8. The molecule has 1 aliphatic heterocycles. The van der Waals surface area contributed by atoms with E-state index in [2.05, 4.69) is 15.3 Å². The first-order valence-electron chi connectivity index (χ1n) is 11.4. The Hall–Kier alpha value is -3.62. The van der Waals surface area contributed by atoms with Crippen molar-refractivity contribution in [2.45, 2.75) is 32.9 Å². The third-order valence-corrected chi connectivity index (χ3v) is 6.32. The fourth-order valence-corrected chi connectivity index (χ4v) is 4.35. The molecule has 2 aromatic carbocycles. The van der Waals surface area contributed by atoms with Crippen molar-refractivity contribution < 1.29 is 22.7 Å². The molecule has 35 heavy (non-hydrogen) atoms. The molecule has 0 unspecified atom stereocenters. The normalized spacial score (nSPS) is 14.6. The molecule has 0 radical (unpaired) electrons. The molecule has 2 heterocycles. The van der Waals surface area contributed by atoms with Crippen LogP contribution in [-0.4, -0.2) is 36.1 Å². The van der Waals surface area contributed by atoms with E-state index >= 15 is 0 Å². The van der Waals surface area contributed by atoms with Gasteiger partial charge in [-0.05, 0) is 68.1 Å². The molecule has 1 fully saturated rings. The zero-order valence-corrected chi connectivity index (χ0v) is 19.8. The molecule has 184 valence electrons. The van der Waals surface area contributed by atoms with Gasteiger partial charge < -0.3 is 9.64 Å². The molecule has 1 N–H and O–H groups in total. The van der Waals surface area contributed by atoms with E-state index in [1.165, 1.54) is 6.07 Å². The van der Waals surface area contributed by atoms with Crippen LogP contribution in [0.2, 0.25) is 0 Å². The van der Waals surface area contributed by atoms with Crippen LogP contribution in [0.15, 0.2) is 48.7 Å². The highest BCUT2D eigenvalue weighted by Crippen LogP contribution is 2.33. The highest BCUT2D eigenvalue weighted by molar-refractivity contribution is 5.91. The van der Waals surface area contributed by atoms with Gasteiger partial charge in [0.15, 0.2) is 0 Å². The third-order valence-electron chi connectivity index (χ3n) is 6.32. The van der Waals surface area contributed by atoms with Crippen LogP contribution in [0.5, 0.6) is 5.75 Å². The molecule has 9 heteroatoms. The fraction of sp³-hybridized carbons (Fsp3) is 0.346. The molecule has 4 rings (SSSR count). The van der Waals surface area contributed by atoms with Crippen LogP contribution in [0.1, 0.15) is 29.7 Å². The lowest BCUT2D eigenvalue weighted by Gasteiger charge is -2.33. The molecule has 0 aliphatic carbocycles. The Morgan fingerprint density at radius 3 is 2.49 bits per heavy atom. The van der Waals surface area contributed by atoms with E-state index in [1.807, 2.05) is 36.9 Å². The number of carbonyl (C=O) groups is 1. The molecule has 0 saturated carbocycles. The monoisotopic (exact) mass is 484 g/mol. The van der Waals surface area contributed by atoms with Crippen LogP contribution in [0.25, 0.3) is 11.1 Å². The summed E-state index contributed by atoms with van der Waals surface area (Å²) in [6.07, 6.45) is -1.63. The summed E-state index contributed by atoms with van der Waals surface area (Å²) in [7, 11) is 1.63. The molecule has 1 aromatic heterocycles. The summed E-state index contributed by atoms with van der Waals surface area (Å²) in [5.74, 6) is 0.600. The Morgan fingerprint density at radius 2 is 1.86 bits per heavy atom. The molecular weight excluding hydrogens is 457 g/mol. The predicted octanol–water partition coefficient (Wildman–Crippen LogP) is 5.64. The van der Waals surface area contributed by atoms with Crippen molar-refractivity contribution in [3.8, 4) is 16.9 Å². The van der Waals surface area contributed by atoms with Gasteiger partial charge in [0.25, 0.3) is 0 Å². The van der Waals surface area contributed by atoms with Crippen LogP contribution >= 0.6 is 0 Å². The maximum Gasteiger partial charge on any atom is 0.416 e. The molecule has 0 atom stereocenters. The van der Waals surface area contributed by atoms with E-state index in [0.717, 1.165) is 40.3 Å². The van der Waals surface area contributed by atoms with Crippen molar-refractivity contribution in [1.29, 1.82) is 0 Å². The summed E-state index contributed by atoms with van der Waals surface area (Å²) in [6.45, 7) is 4.81. The molecule has 6 nitrogen and oxygen atoms in total. The molecular formula is C26H27F3N4O2. The second kappa shape index (κ2) is 9.93. The highest BCUT2D eigenvalue weighted by atomic mass is 19.4. The average molecular weight is 485 g/mol. The molecule has 1 saturated heterocycles. The van der Waals surface area contributed by atoms with Gasteiger partial charge in [-0.2, -0.15) is 13.2 Å². The zero-order chi connectivity index (χ0) is 25.2. The lowest BCUT2D eigenvalue weighted by atomic mass is 9.95. The smallest absolute Gasteiger partial charge is 0.416 e. The minimum absolute atomic E-state index is 0.180. The van der Waals surface area contributed by atoms with E-state index in [-0.39, 0.29) is 17.8 Å². The average Bonchev–Trinajstić information content (AvgIpc) is 2.84. The summed E-state index contributed by atoms with van der Waals surface area (Å²) >= 11 is 0. The maximum absolute atomic E-state index is 13.0. The number of nitrogens with zero attached hydrogens (tertiary/aromatic N) is 3. The number of methoxy groups -OCH3 is 1. The summed E-state index contributed by atoms with van der Waals surface area (Å²) in [6, 6.07) is 11.1. The van der Waals surface area contributed by atoms with E-state index in [0.29, 0.717) is 31.6 Å². The largest absolute Gasteiger partial charge is 0.496 e. The van der Waals surface area contributed by atoms with Gasteiger partial charge in [-0.25, -0.2) is 9.97 Å². The van der Waals surface area contributed by atoms with Crippen LogP contribution < -0.4 is 15.0 Å². The van der Waals surface area contributed by atoms with Gasteiger partial charge in [-0.3, -0.25) is 10.1 Å². The number of ether oxygens (including phenoxy) is 1. The Labute approximate surface area is 202 Å². The van der Waals surface area contributed by atoms with Crippen LogP contribution in [-0.2, 0) is 11.0 Å². The molecule has 0 spiro atoms. The summed E-state index contributed by atoms with van der Waals surface area (Å²) in [5, 5.41) is 2.80. The van der Waals surface area contributed by atoms with Crippen molar-refractivity contribution in [2.24, 2.45) is 5.92 Å². The predicted molar refractivity (Wildman–Crippen MR) is 129 cm³/mol. The standard InChI is InChI=1S/C26H27F3N4O2/c1-16-13-19(7-8-23(16)35-3)22-15-30-25(31-17(22)2)32-24(34)18-9-11-33(12-10-18)21-6-4-5-20(14-21)26(27,28)29/h4-8,13-15,18H,9-12H2,1-3H3,(H,30,31,32,34). The number of halogens is 3. The van der Waals surface area contributed by atoms with Crippen molar-refractivity contribution in [3.05, 3.63) is 65.5 Å². The van der Waals surface area contributed by atoms with Crippen LogP contribution in [0.3, 0.4) is 0 Å². The van der Waals surface area contributed by atoms with E-state index < -0.39 is 11.7 Å². The number of nitrogens with one attached hydrogen (secondary N) is 1. The van der Waals surface area contributed by atoms with E-state index in [1.54, 1.807) is 19.4 Å². The molecule has 1 aliphatic rings. The summed E-state index contributed by atoms with van der Waals surface area (Å²) < 4.78 is 44.4. The Bertz CT molecular complexity index is 1220. The lowest BCUT2D eigenvalue weighted by Crippen LogP contribution is -2.38. The van der Waals surface area contributed by atoms with Crippen molar-refractivity contribution >= 4 is 17.5 Å². The number of rotatable bonds is 5. The Kier molecular flexibility index (Phi) is 6.95. The second-order valence-corrected chi connectivity index (χ2v) is 8.68. The topological polar surface area (TPSA) is 67.3 Å². The number of benzene rings is 2. The fourth-order valence-electron chi connectivity index (χ4n) is 4.35. The maximum atomic E-state index is 13.0. The summed E-state index contributed by atoms with van der Waals surface area (Å²) in [5.41, 5.74) is 3.40. The Morgan fingerprint density at radius 1 is 1.11 bits per heavy atom. The van der Waals surface area contributed by atoms with E-state index in [4.69, 9.17) is 4.74 Å². The van der Waals surface area contributed by atoms with Crippen molar-refractivity contribution in [3.63, 3.8) is 0 Å². The molecule has 0 bridgehead atoms. The quantitative estimate of drug-likeness (QED) is 0.508. The van der Waals surface area contributed by atoms with Gasteiger partial charge >= 0.3 is 6.18 Å². The minimum atomic E-state index is -4.38. The van der Waals surface area contributed by atoms with Gasteiger partial charge in [-0.1, -0.05) is 12.1 Å². The second-order valence-electron chi connectivity index (χ2n) is 8.68. The first-order valence-corrected chi connectivity index (χ1v) is 11.4. The first-order chi connectivity index (χ1) is 16.7. The van der Waals surface area contributed by atoms with Crippen molar-refractivity contribution in [2.75, 3.05) is 30.4 Å². The number of piperidine rings is 1. The number of aryl methyl sites for hydroxylation is 2. The number of amides is 1. The first kappa shape index (κ1) is 24.5. The SMILES string of the molecule is COc1ccc(-c2cnc(NC(=O)C3CCN(c4cccc(C(F)(F)F)c4)CC3)nc2C)cc1C. The minimum Gasteiger partial charge on any atom is -0.496 e. The molecule has 3 aromatic rings. The number of hydrogen-bond donors (Lipinski definition) is 1. The van der Waals surface area contributed by atoms with Crippen LogP contribution in [0.4, 0.5) is 24.8 Å². The number of aromatic nitrogens is 2. The van der Waals surface area contributed by atoms with Gasteiger partial charge in [0.1, 0.15) is 5.75 Å². The highest BCUT2D eigenvalue weighted by Gasteiger charge is 2.32. The van der Waals surface area contributed by atoms with E-state index in [9.17, 15) is 18.0 Å². The van der Waals surface area contributed by atoms with Gasteiger partial charge in [0.05, 0.1) is 18.4 Å². The lowest BCUT2D eigenvalue weighted by molar-refractivity contribution is -0.137. The van der Waals surface area contributed by atoms with Gasteiger partial charge in [0, 0.05) is 36.5 Å². The molecule has 1 amide bonds. The summed E-state index contributed by atoms with van der Waals surface area (Å²) in [4.78, 5) is 23.5. The number of hydrogen-bond acceptors (Lipinski definition) is 5. The Balaban J connectivity index is 1.38. The van der Waals surface area contributed by atoms with Gasteiger partial charge in [-0.15, -0.1) is 0 Å². The van der Waals surface area contributed by atoms with Crippen molar-refractivity contribution in [1.82, 2.24) is 9.97 Å².